The van der Waals surface area contributed by atoms with Crippen LogP contribution in [-0.2, 0) is 24.6 Å². The van der Waals surface area contributed by atoms with Gasteiger partial charge in [0.05, 0.1) is 0 Å². The van der Waals surface area contributed by atoms with E-state index in [4.69, 9.17) is 9.79 Å². The Morgan fingerprint density at radius 2 is 1.84 bits per heavy atom. The number of carbonyl (C=O) groups excluding carboxylic acids is 4. The van der Waals surface area contributed by atoms with E-state index in [1.807, 2.05) is 7.05 Å². The van der Waals surface area contributed by atoms with Crippen LogP contribution in [0.5, 0.6) is 0 Å². The molecule has 2 fully saturated rings. The number of likely N-dealkylation sites (N-methyl/N-ethyl adjacent to an activating group) is 1. The number of nitrogens with zero attached hydrogens (tertiary/aromatic N) is 4. The topological polar surface area (TPSA) is 167 Å². The maximum Gasteiger partial charge on any atom is 0.399 e. The number of aromatic amines is 1. The highest BCUT2D eigenvalue weighted by Crippen LogP contribution is 2.59. The fraction of sp³-hybridized carbons (Fsp3) is 0.586. The number of alkyl halides is 2. The maximum absolute atomic E-state index is 14.3. The molecule has 3 atom stereocenters. The summed E-state index contributed by atoms with van der Waals surface area (Å²) < 4.78 is 39.9. The van der Waals surface area contributed by atoms with Gasteiger partial charge in [0.25, 0.3) is 5.91 Å². The number of carbonyl (C=O) groups is 4. The van der Waals surface area contributed by atoms with E-state index < -0.39 is 42.7 Å². The molecule has 0 spiro atoms. The minimum Gasteiger partial charge on any atom is -0.351 e. The van der Waals surface area contributed by atoms with Crippen molar-refractivity contribution in [2.24, 2.45) is 0 Å². The molecule has 1 aromatic carbocycles. The fourth-order valence-corrected chi connectivity index (χ4v) is 6.43. The van der Waals surface area contributed by atoms with Crippen molar-refractivity contribution in [3.05, 3.63) is 35.5 Å². The van der Waals surface area contributed by atoms with Gasteiger partial charge < -0.3 is 39.7 Å². The van der Waals surface area contributed by atoms with Crippen LogP contribution in [-0.4, -0.2) is 123 Å². The summed E-state index contributed by atoms with van der Waals surface area (Å²) in [6, 6.07) is 1.94. The molecule has 0 radical (unpaired) electrons. The first-order chi connectivity index (χ1) is 21.0. The zero-order valence-corrected chi connectivity index (χ0v) is 26.7. The van der Waals surface area contributed by atoms with E-state index in [0.29, 0.717) is 32.4 Å². The molecule has 0 saturated carbocycles. The Kier molecular flexibility index (Phi) is 10.4. The molecule has 4 N–H and O–H groups in total. The van der Waals surface area contributed by atoms with Gasteiger partial charge in [-0.2, -0.15) is 8.78 Å². The lowest BCUT2D eigenvalue weighted by atomic mass is 10.1. The van der Waals surface area contributed by atoms with Crippen molar-refractivity contribution in [2.75, 3.05) is 46.8 Å². The quantitative estimate of drug-likeness (QED) is 0.282. The van der Waals surface area contributed by atoms with Gasteiger partial charge >= 0.3 is 13.3 Å². The van der Waals surface area contributed by atoms with E-state index in [1.165, 1.54) is 24.0 Å². The van der Waals surface area contributed by atoms with E-state index in [-0.39, 0.29) is 41.0 Å². The molecule has 16 heteroatoms. The van der Waals surface area contributed by atoms with Crippen LogP contribution in [0.3, 0.4) is 0 Å². The number of hydrogen-bond donors (Lipinski definition) is 4. The molecule has 3 heterocycles. The molecule has 0 bridgehead atoms. The lowest BCUT2D eigenvalue weighted by Crippen LogP contribution is -2.61. The van der Waals surface area contributed by atoms with Crippen LogP contribution in [0.2, 0.25) is 0 Å². The van der Waals surface area contributed by atoms with E-state index >= 15 is 0 Å². The van der Waals surface area contributed by atoms with E-state index in [9.17, 15) is 32.5 Å². The molecule has 2 saturated heterocycles. The van der Waals surface area contributed by atoms with Gasteiger partial charge in [-0.05, 0) is 64.0 Å². The van der Waals surface area contributed by atoms with Crippen molar-refractivity contribution in [1.29, 1.82) is 0 Å². The average Bonchev–Trinajstić information content (AvgIpc) is 3.60. The van der Waals surface area contributed by atoms with Gasteiger partial charge in [-0.3, -0.25) is 23.7 Å². The molecular weight excluding hydrogens is 613 g/mol. The Hall–Kier alpha value is -3.39. The number of benzene rings is 1. The molecule has 0 unspecified atom stereocenters. The predicted octanol–water partition coefficient (Wildman–Crippen LogP) is 1.91. The van der Waals surface area contributed by atoms with Crippen LogP contribution >= 0.6 is 7.60 Å². The van der Waals surface area contributed by atoms with Gasteiger partial charge in [-0.1, -0.05) is 13.0 Å². The summed E-state index contributed by atoms with van der Waals surface area (Å²) in [4.78, 5) is 81.1. The second-order valence-corrected chi connectivity index (χ2v) is 13.5. The van der Waals surface area contributed by atoms with Crippen LogP contribution in [0.15, 0.2) is 24.3 Å². The van der Waals surface area contributed by atoms with Crippen LogP contribution < -0.4 is 5.32 Å². The largest absolute Gasteiger partial charge is 0.399 e. The maximum atomic E-state index is 14.3. The average molecular weight is 655 g/mol. The van der Waals surface area contributed by atoms with Crippen LogP contribution in [0, 0.1) is 0 Å². The zero-order valence-electron chi connectivity index (χ0n) is 25.8. The molecule has 4 rings (SSSR count). The van der Waals surface area contributed by atoms with Crippen molar-refractivity contribution in [1.82, 2.24) is 29.9 Å². The molecule has 45 heavy (non-hydrogen) atoms. The van der Waals surface area contributed by atoms with Gasteiger partial charge in [0.15, 0.2) is 0 Å². The van der Waals surface area contributed by atoms with Crippen LogP contribution in [0.4, 0.5) is 8.78 Å². The first-order valence-corrected chi connectivity index (χ1v) is 16.5. The zero-order chi connectivity index (χ0) is 33.3. The van der Waals surface area contributed by atoms with Crippen molar-refractivity contribution in [3.8, 4) is 0 Å². The summed E-state index contributed by atoms with van der Waals surface area (Å²) in [6.07, 6.45) is 2.29. The molecule has 2 aliphatic heterocycles. The van der Waals surface area contributed by atoms with Crippen LogP contribution in [0.25, 0.3) is 10.9 Å². The summed E-state index contributed by atoms with van der Waals surface area (Å²) in [5.74, 6) is -1.71. The standard InChI is InChI=1S/C29H41F2N6O7P/c1-5-34(3)12-6-13-35(4)28(41)25-10-8-21-11-14-36(18(2)38)17-24(27(40)37(21)25)33-26(39)23-16-19-15-20(7-9-22(19)32-23)29(30,31)45(42,43)44/h7,9,15-16,21,24-25,32H,5-6,8,10-14,17H2,1-4H3,(H,33,39)(H2,42,43,44)/t21-,24+,25+/m1/s1. The molecule has 1 aromatic heterocycles. The third-order valence-electron chi connectivity index (χ3n) is 8.75. The van der Waals surface area contributed by atoms with Gasteiger partial charge in [-0.25, -0.2) is 0 Å². The molecule has 4 amide bonds. The number of amides is 4. The lowest BCUT2D eigenvalue weighted by molar-refractivity contribution is -0.148. The number of aromatic nitrogens is 1. The van der Waals surface area contributed by atoms with Gasteiger partial charge in [0.2, 0.25) is 17.7 Å². The smallest absolute Gasteiger partial charge is 0.351 e. The number of rotatable bonds is 10. The SMILES string of the molecule is CCN(C)CCCN(C)C(=O)[C@@H]1CC[C@@H]2CCN(C(C)=O)C[C@H](NC(=O)c3cc4cc(C(F)(F)P(=O)(O)O)ccc4[nH]3)C(=O)N21. The predicted molar refractivity (Wildman–Crippen MR) is 161 cm³/mol. The number of H-pyrrole nitrogens is 1. The fourth-order valence-electron chi connectivity index (χ4n) is 5.96. The summed E-state index contributed by atoms with van der Waals surface area (Å²) in [5, 5.41) is 2.76. The summed E-state index contributed by atoms with van der Waals surface area (Å²) in [5.41, 5.74) is -5.19. The van der Waals surface area contributed by atoms with E-state index in [0.717, 1.165) is 31.6 Å². The van der Waals surface area contributed by atoms with Gasteiger partial charge in [0.1, 0.15) is 17.8 Å². The molecule has 2 aromatic rings. The Bertz CT molecular complexity index is 1500. The number of nitrogens with one attached hydrogen (secondary N) is 2. The highest BCUT2D eigenvalue weighted by molar-refractivity contribution is 7.52. The highest BCUT2D eigenvalue weighted by Gasteiger charge is 2.50. The lowest BCUT2D eigenvalue weighted by Gasteiger charge is -2.39. The Morgan fingerprint density at radius 3 is 2.49 bits per heavy atom. The Morgan fingerprint density at radius 1 is 1.13 bits per heavy atom. The summed E-state index contributed by atoms with van der Waals surface area (Å²) >= 11 is 0. The molecular formula is C29H41F2N6O7P. The summed E-state index contributed by atoms with van der Waals surface area (Å²) in [6.45, 7) is 5.86. The molecule has 2 aliphatic rings. The van der Waals surface area contributed by atoms with Crippen molar-refractivity contribution in [3.63, 3.8) is 0 Å². The van der Waals surface area contributed by atoms with Gasteiger partial charge in [0, 0.05) is 56.1 Å². The Balaban J connectivity index is 1.56. The first-order valence-electron chi connectivity index (χ1n) is 14.9. The van der Waals surface area contributed by atoms with Crippen molar-refractivity contribution < 1.29 is 42.3 Å². The second-order valence-electron chi connectivity index (χ2n) is 11.9. The number of fused-ring (bicyclic) bond motifs is 2. The normalized spacial score (nSPS) is 21.1. The molecule has 248 valence electrons. The van der Waals surface area contributed by atoms with Crippen molar-refractivity contribution >= 4 is 42.1 Å². The minimum atomic E-state index is -5.80. The first kappa shape index (κ1) is 34.5. The number of halogens is 2. The minimum absolute atomic E-state index is 0.0896. The summed E-state index contributed by atoms with van der Waals surface area (Å²) in [7, 11) is -2.09. The van der Waals surface area contributed by atoms with Gasteiger partial charge in [-0.15, -0.1) is 0 Å². The van der Waals surface area contributed by atoms with E-state index in [2.05, 4.69) is 22.1 Å². The van der Waals surface area contributed by atoms with Crippen molar-refractivity contribution in [2.45, 2.75) is 63.3 Å². The number of hydrogen-bond acceptors (Lipinski definition) is 6. The highest BCUT2D eigenvalue weighted by atomic mass is 31.2. The third-order valence-corrected chi connectivity index (χ3v) is 9.74. The Labute approximate surface area is 260 Å². The third kappa shape index (κ3) is 7.37. The monoisotopic (exact) mass is 654 g/mol. The van der Waals surface area contributed by atoms with Crippen LogP contribution in [0.1, 0.15) is 55.6 Å². The molecule has 13 nitrogen and oxygen atoms in total. The van der Waals surface area contributed by atoms with E-state index in [1.54, 1.807) is 16.8 Å². The molecule has 0 aliphatic carbocycles. The second kappa shape index (κ2) is 13.5.